The van der Waals surface area contributed by atoms with Gasteiger partial charge in [-0.15, -0.1) is 11.3 Å². The van der Waals surface area contributed by atoms with Crippen molar-refractivity contribution in [2.75, 3.05) is 25.0 Å². The topological polar surface area (TPSA) is 72.8 Å². The van der Waals surface area contributed by atoms with Crippen molar-refractivity contribution in [2.45, 2.75) is 38.1 Å². The van der Waals surface area contributed by atoms with E-state index in [0.29, 0.717) is 47.7 Å². The smallest absolute Gasteiger partial charge is 0.266 e. The van der Waals surface area contributed by atoms with Crippen LogP contribution in [-0.4, -0.2) is 47.5 Å². The van der Waals surface area contributed by atoms with Crippen LogP contribution in [0.1, 0.15) is 35.4 Å². The fourth-order valence-electron chi connectivity index (χ4n) is 5.12. The molecule has 6 rings (SSSR count). The summed E-state index contributed by atoms with van der Waals surface area (Å²) < 4.78 is 55.1. The molecule has 0 saturated carbocycles. The first-order valence-corrected chi connectivity index (χ1v) is 13.9. The van der Waals surface area contributed by atoms with Crippen LogP contribution < -0.4 is 10.9 Å². The summed E-state index contributed by atoms with van der Waals surface area (Å²) in [5.74, 6) is -2.32. The molecule has 1 amide bonds. The molecule has 7 nitrogen and oxygen atoms in total. The molecule has 2 fully saturated rings. The van der Waals surface area contributed by atoms with Gasteiger partial charge in [0.05, 0.1) is 23.2 Å². The van der Waals surface area contributed by atoms with Crippen LogP contribution in [0, 0.1) is 17.5 Å². The highest BCUT2D eigenvalue weighted by Gasteiger charge is 2.33. The van der Waals surface area contributed by atoms with Gasteiger partial charge in [-0.2, -0.15) is 0 Å². The molecule has 4 aromatic rings. The van der Waals surface area contributed by atoms with E-state index in [9.17, 15) is 22.8 Å². The number of nitrogens with zero attached hydrogens (tertiary/aromatic N) is 2. The Labute approximate surface area is 231 Å². The van der Waals surface area contributed by atoms with Crippen molar-refractivity contribution in [2.24, 2.45) is 0 Å². The first-order valence-electron chi connectivity index (χ1n) is 13.1. The lowest BCUT2D eigenvalue weighted by Crippen LogP contribution is -2.32. The summed E-state index contributed by atoms with van der Waals surface area (Å²) in [6.07, 6.45) is 3.05. The Morgan fingerprint density at radius 3 is 2.55 bits per heavy atom. The molecule has 0 spiro atoms. The SMILES string of the molecule is O=C(c1sc2c(ccc(=O)n2-c2ccc(F)cc2)c1Nc1ccc(F)cc1F)N1CC[C@@H](OC2CCCCO2)C1. The summed E-state index contributed by atoms with van der Waals surface area (Å²) in [5, 5.41) is 3.46. The number of thiophene rings is 1. The summed E-state index contributed by atoms with van der Waals surface area (Å²) in [5.41, 5.74) is 0.318. The Hall–Kier alpha value is -3.67. The van der Waals surface area contributed by atoms with Crippen LogP contribution in [0.25, 0.3) is 15.9 Å². The molecule has 2 aromatic carbocycles. The zero-order valence-corrected chi connectivity index (χ0v) is 22.2. The number of likely N-dealkylation sites (tertiary alicyclic amines) is 1. The Morgan fingerprint density at radius 2 is 1.80 bits per heavy atom. The van der Waals surface area contributed by atoms with Crippen LogP contribution >= 0.6 is 11.3 Å². The first kappa shape index (κ1) is 26.5. The predicted molar refractivity (Wildman–Crippen MR) is 146 cm³/mol. The van der Waals surface area contributed by atoms with Crippen molar-refractivity contribution in [3.63, 3.8) is 0 Å². The van der Waals surface area contributed by atoms with Gasteiger partial charge in [-0.05, 0) is 68.1 Å². The third kappa shape index (κ3) is 5.24. The number of anilines is 2. The van der Waals surface area contributed by atoms with Crippen LogP contribution in [0.3, 0.4) is 0 Å². The second-order valence-corrected chi connectivity index (χ2v) is 10.9. The molecule has 0 aliphatic carbocycles. The molecular weight excluding hydrogens is 543 g/mol. The molecular formula is C29H26F3N3O4S. The molecule has 1 N–H and O–H groups in total. The standard InChI is InChI=1S/C29H26F3N3O4S/c30-17-4-7-19(8-5-17)35-24(36)11-9-21-26(33-23-10-6-18(31)15-22(23)32)27(40-29(21)35)28(37)34-13-12-20(16-34)39-25-3-1-2-14-38-25/h4-11,15,20,25,33H,1-3,12-14,16H2/t20-,25?/m1/s1. The summed E-state index contributed by atoms with van der Waals surface area (Å²) in [7, 11) is 0. The van der Waals surface area contributed by atoms with Gasteiger partial charge in [-0.1, -0.05) is 0 Å². The first-order chi connectivity index (χ1) is 19.4. The Morgan fingerprint density at radius 1 is 1.00 bits per heavy atom. The van der Waals surface area contributed by atoms with Crippen molar-refractivity contribution in [1.29, 1.82) is 0 Å². The number of aromatic nitrogens is 1. The predicted octanol–water partition coefficient (Wildman–Crippen LogP) is 5.97. The average molecular weight is 570 g/mol. The maximum Gasteiger partial charge on any atom is 0.266 e. The third-order valence-corrected chi connectivity index (χ3v) is 8.30. The normalized spacial score (nSPS) is 19.3. The number of rotatable bonds is 6. The minimum atomic E-state index is -0.827. The van der Waals surface area contributed by atoms with E-state index < -0.39 is 17.5 Å². The van der Waals surface area contributed by atoms with E-state index in [-0.39, 0.29) is 34.4 Å². The van der Waals surface area contributed by atoms with Crippen molar-refractivity contribution < 1.29 is 27.4 Å². The van der Waals surface area contributed by atoms with Crippen LogP contribution in [0.15, 0.2) is 59.4 Å². The monoisotopic (exact) mass is 569 g/mol. The fraction of sp³-hybridized carbons (Fsp3) is 0.310. The molecule has 2 aliphatic heterocycles. The van der Waals surface area contributed by atoms with Gasteiger partial charge in [0.1, 0.15) is 27.2 Å². The van der Waals surface area contributed by atoms with Gasteiger partial charge >= 0.3 is 0 Å². The molecule has 0 radical (unpaired) electrons. The van der Waals surface area contributed by atoms with Gasteiger partial charge in [-0.25, -0.2) is 13.2 Å². The third-order valence-electron chi connectivity index (χ3n) is 7.13. The van der Waals surface area contributed by atoms with Crippen molar-refractivity contribution >= 4 is 38.8 Å². The second kappa shape index (κ2) is 11.1. The Balaban J connectivity index is 1.39. The fourth-order valence-corrected chi connectivity index (χ4v) is 6.36. The van der Waals surface area contributed by atoms with Gasteiger partial charge < -0.3 is 19.7 Å². The molecule has 1 unspecified atom stereocenters. The highest BCUT2D eigenvalue weighted by Crippen LogP contribution is 2.39. The van der Waals surface area contributed by atoms with Gasteiger partial charge in [0, 0.05) is 37.2 Å². The number of hydrogen-bond donors (Lipinski definition) is 1. The minimum Gasteiger partial charge on any atom is -0.353 e. The highest BCUT2D eigenvalue weighted by molar-refractivity contribution is 7.21. The molecule has 2 aromatic heterocycles. The number of ether oxygens (including phenoxy) is 2. The molecule has 2 atom stereocenters. The Kier molecular flexibility index (Phi) is 7.35. The maximum atomic E-state index is 14.7. The molecule has 4 heterocycles. The number of carbonyl (C=O) groups excluding carboxylic acids is 1. The lowest BCUT2D eigenvalue weighted by Gasteiger charge is -2.26. The number of fused-ring (bicyclic) bond motifs is 1. The number of amides is 1. The van der Waals surface area contributed by atoms with Crippen molar-refractivity contribution in [1.82, 2.24) is 9.47 Å². The van der Waals surface area contributed by atoms with E-state index in [4.69, 9.17) is 9.47 Å². The summed E-state index contributed by atoms with van der Waals surface area (Å²) >= 11 is 1.08. The van der Waals surface area contributed by atoms with Crippen LogP contribution in [0.5, 0.6) is 0 Å². The minimum absolute atomic E-state index is 0.0215. The molecule has 2 aliphatic rings. The van der Waals surface area contributed by atoms with Gasteiger partial charge in [0.15, 0.2) is 6.29 Å². The maximum absolute atomic E-state index is 14.7. The van der Waals surface area contributed by atoms with E-state index in [1.54, 1.807) is 11.0 Å². The van der Waals surface area contributed by atoms with E-state index in [1.165, 1.54) is 41.0 Å². The number of benzene rings is 2. The van der Waals surface area contributed by atoms with E-state index >= 15 is 0 Å². The van der Waals surface area contributed by atoms with E-state index in [2.05, 4.69) is 5.32 Å². The van der Waals surface area contributed by atoms with Crippen molar-refractivity contribution in [3.8, 4) is 5.69 Å². The summed E-state index contributed by atoms with van der Waals surface area (Å²) in [4.78, 5) is 29.2. The summed E-state index contributed by atoms with van der Waals surface area (Å²) in [6.45, 7) is 1.48. The molecule has 208 valence electrons. The van der Waals surface area contributed by atoms with Gasteiger partial charge in [0.25, 0.3) is 11.5 Å². The number of hydrogen-bond acceptors (Lipinski definition) is 6. The largest absolute Gasteiger partial charge is 0.353 e. The quantitative estimate of drug-likeness (QED) is 0.310. The van der Waals surface area contributed by atoms with Gasteiger partial charge in [0.2, 0.25) is 0 Å². The zero-order valence-electron chi connectivity index (χ0n) is 21.4. The zero-order chi connectivity index (χ0) is 27.8. The van der Waals surface area contributed by atoms with E-state index in [0.717, 1.165) is 42.7 Å². The van der Waals surface area contributed by atoms with Crippen LogP contribution in [0.4, 0.5) is 24.5 Å². The second-order valence-electron chi connectivity index (χ2n) is 9.85. The highest BCUT2D eigenvalue weighted by atomic mass is 32.1. The van der Waals surface area contributed by atoms with Crippen LogP contribution in [-0.2, 0) is 9.47 Å². The number of halogens is 3. The lowest BCUT2D eigenvalue weighted by atomic mass is 10.2. The number of carbonyl (C=O) groups is 1. The summed E-state index contributed by atoms with van der Waals surface area (Å²) in [6, 6.07) is 11.4. The van der Waals surface area contributed by atoms with Crippen LogP contribution in [0.2, 0.25) is 0 Å². The Bertz CT molecular complexity index is 1620. The molecule has 0 bridgehead atoms. The molecule has 2 saturated heterocycles. The van der Waals surface area contributed by atoms with Gasteiger partial charge in [-0.3, -0.25) is 14.2 Å². The number of nitrogens with one attached hydrogen (secondary N) is 1. The number of pyridine rings is 1. The lowest BCUT2D eigenvalue weighted by molar-refractivity contribution is -0.184. The average Bonchev–Trinajstić information content (AvgIpc) is 3.56. The van der Waals surface area contributed by atoms with Crippen molar-refractivity contribution in [3.05, 3.63) is 87.3 Å². The molecule has 40 heavy (non-hydrogen) atoms. The van der Waals surface area contributed by atoms with E-state index in [1.807, 2.05) is 0 Å². The molecule has 11 heteroatoms.